The summed E-state index contributed by atoms with van der Waals surface area (Å²) in [6.45, 7) is 6.12. The third-order valence-electron chi connectivity index (χ3n) is 3.29. The first-order chi connectivity index (χ1) is 10.9. The van der Waals surface area contributed by atoms with E-state index >= 15 is 0 Å². The van der Waals surface area contributed by atoms with E-state index in [4.69, 9.17) is 4.74 Å². The topological polar surface area (TPSA) is 55.4 Å². The zero-order valence-corrected chi connectivity index (χ0v) is 14.9. The van der Waals surface area contributed by atoms with Gasteiger partial charge >= 0.3 is 12.1 Å². The highest BCUT2D eigenvalue weighted by molar-refractivity contribution is 7.84. The Bertz CT molecular complexity index is 584. The van der Waals surface area contributed by atoms with Crippen molar-refractivity contribution in [2.45, 2.75) is 50.6 Å². The fourth-order valence-corrected chi connectivity index (χ4v) is 2.91. The number of hydrogen-bond acceptors (Lipinski definition) is 3. The van der Waals surface area contributed by atoms with Crippen LogP contribution >= 0.6 is 0 Å². The summed E-state index contributed by atoms with van der Waals surface area (Å²) in [7, 11) is -2.05. The number of hydrogen-bond donors (Lipinski definition) is 1. The molecule has 1 rings (SSSR count). The van der Waals surface area contributed by atoms with Crippen LogP contribution in [0.3, 0.4) is 0 Å². The van der Waals surface area contributed by atoms with E-state index in [1.54, 1.807) is 26.8 Å². The molecule has 1 aromatic rings. The van der Waals surface area contributed by atoms with E-state index in [1.165, 1.54) is 31.2 Å². The van der Waals surface area contributed by atoms with Crippen molar-refractivity contribution in [3.05, 3.63) is 35.9 Å². The highest BCUT2D eigenvalue weighted by Gasteiger charge is 2.59. The van der Waals surface area contributed by atoms with Gasteiger partial charge in [0.15, 0.2) is 5.54 Å². The van der Waals surface area contributed by atoms with Crippen molar-refractivity contribution in [2.75, 3.05) is 6.61 Å². The molecule has 4 nitrogen and oxygen atoms in total. The van der Waals surface area contributed by atoms with E-state index in [-0.39, 0.29) is 12.2 Å². The Labute approximate surface area is 142 Å². The van der Waals surface area contributed by atoms with Crippen molar-refractivity contribution in [3.8, 4) is 0 Å². The molecule has 8 heteroatoms. The molecule has 1 aromatic carbocycles. The highest BCUT2D eigenvalue weighted by Crippen LogP contribution is 2.43. The molecule has 136 valence electrons. The monoisotopic (exact) mass is 365 g/mol. The molecule has 0 aromatic heterocycles. The van der Waals surface area contributed by atoms with Crippen LogP contribution in [0.25, 0.3) is 0 Å². The lowest BCUT2D eigenvalue weighted by Gasteiger charge is -2.37. The molecule has 0 aliphatic heterocycles. The average Bonchev–Trinajstić information content (AvgIpc) is 2.45. The van der Waals surface area contributed by atoms with Crippen molar-refractivity contribution in [1.29, 1.82) is 0 Å². The second-order valence-electron chi connectivity index (χ2n) is 6.23. The summed E-state index contributed by atoms with van der Waals surface area (Å²) in [4.78, 5) is 11.8. The molecule has 0 aliphatic carbocycles. The van der Waals surface area contributed by atoms with E-state index in [9.17, 15) is 22.2 Å². The van der Waals surface area contributed by atoms with Crippen molar-refractivity contribution in [2.24, 2.45) is 0 Å². The maximum Gasteiger partial charge on any atom is 0.412 e. The van der Waals surface area contributed by atoms with Crippen LogP contribution < -0.4 is 4.72 Å². The van der Waals surface area contributed by atoms with Crippen LogP contribution in [-0.4, -0.2) is 27.7 Å². The lowest BCUT2D eigenvalue weighted by molar-refractivity contribution is -0.202. The van der Waals surface area contributed by atoms with E-state index in [0.717, 1.165) is 0 Å². The number of esters is 1. The van der Waals surface area contributed by atoms with Gasteiger partial charge in [-0.05, 0) is 33.3 Å². The van der Waals surface area contributed by atoms with Crippen LogP contribution in [-0.2, 0) is 26.1 Å². The normalized spacial score (nSPS) is 16.3. The Morgan fingerprint density at radius 2 is 1.71 bits per heavy atom. The van der Waals surface area contributed by atoms with Crippen LogP contribution in [0.2, 0.25) is 0 Å². The molecule has 0 saturated carbocycles. The smallest absolute Gasteiger partial charge is 0.412 e. The van der Waals surface area contributed by atoms with Crippen molar-refractivity contribution in [3.63, 3.8) is 0 Å². The first-order valence-electron chi connectivity index (χ1n) is 7.41. The molecule has 1 N–H and O–H groups in total. The van der Waals surface area contributed by atoms with Crippen LogP contribution in [0, 0.1) is 0 Å². The summed E-state index contributed by atoms with van der Waals surface area (Å²) in [6, 6.07) is 6.93. The minimum Gasteiger partial charge on any atom is -0.466 e. The Morgan fingerprint density at radius 3 is 2.12 bits per heavy atom. The second kappa shape index (κ2) is 7.65. The molecule has 0 amide bonds. The number of halogens is 3. The molecule has 0 fully saturated rings. The highest BCUT2D eigenvalue weighted by atomic mass is 32.2. The van der Waals surface area contributed by atoms with Crippen molar-refractivity contribution >= 4 is 17.0 Å². The van der Waals surface area contributed by atoms with Crippen LogP contribution in [0.4, 0.5) is 13.2 Å². The number of ether oxygens (including phenoxy) is 1. The zero-order valence-electron chi connectivity index (χ0n) is 14.1. The molecule has 0 heterocycles. The Hall–Kier alpha value is -1.41. The maximum atomic E-state index is 14.0. The zero-order chi connectivity index (χ0) is 18.6. The van der Waals surface area contributed by atoms with Gasteiger partial charge in [-0.25, -0.2) is 8.93 Å². The summed E-state index contributed by atoms with van der Waals surface area (Å²) < 4.78 is 60.3. The Morgan fingerprint density at radius 1 is 1.17 bits per heavy atom. The number of benzene rings is 1. The first-order valence-corrected chi connectivity index (χ1v) is 8.56. The molecule has 0 radical (unpaired) electrons. The van der Waals surface area contributed by atoms with Crippen molar-refractivity contribution < 1.29 is 26.9 Å². The fourth-order valence-electron chi connectivity index (χ4n) is 1.98. The molecular weight excluding hydrogens is 343 g/mol. The van der Waals surface area contributed by atoms with Crippen molar-refractivity contribution in [1.82, 2.24) is 4.72 Å². The quantitative estimate of drug-likeness (QED) is 0.786. The third-order valence-corrected chi connectivity index (χ3v) is 4.93. The van der Waals surface area contributed by atoms with Crippen LogP contribution in [0.15, 0.2) is 30.3 Å². The molecule has 24 heavy (non-hydrogen) atoms. The third kappa shape index (κ3) is 4.80. The Kier molecular flexibility index (Phi) is 6.58. The number of carbonyl (C=O) groups is 1. The summed E-state index contributed by atoms with van der Waals surface area (Å²) in [5.41, 5.74) is -2.98. The minimum absolute atomic E-state index is 0.0378. The van der Waals surface area contributed by atoms with Crippen LogP contribution in [0.5, 0.6) is 0 Å². The molecule has 0 saturated heterocycles. The molecule has 0 bridgehead atoms. The van der Waals surface area contributed by atoms with Gasteiger partial charge < -0.3 is 4.74 Å². The fraction of sp³-hybridized carbons (Fsp3) is 0.562. The van der Waals surface area contributed by atoms with Gasteiger partial charge in [0.2, 0.25) is 0 Å². The summed E-state index contributed by atoms with van der Waals surface area (Å²) in [5, 5.41) is 0. The summed E-state index contributed by atoms with van der Waals surface area (Å²) >= 11 is 0. The predicted octanol–water partition coefficient (Wildman–Crippen LogP) is 3.45. The number of alkyl halides is 3. The largest absolute Gasteiger partial charge is 0.466 e. The predicted molar refractivity (Wildman–Crippen MR) is 86.5 cm³/mol. The average molecular weight is 365 g/mol. The van der Waals surface area contributed by atoms with Gasteiger partial charge in [0.1, 0.15) is 0 Å². The molecular formula is C16H22F3NO3S. The molecule has 0 spiro atoms. The summed E-state index contributed by atoms with van der Waals surface area (Å²) in [6.07, 6.45) is -5.86. The number of nitrogens with one attached hydrogen (secondary N) is 1. The van der Waals surface area contributed by atoms with Gasteiger partial charge in [-0.1, -0.05) is 30.3 Å². The molecule has 0 aliphatic rings. The lowest BCUT2D eigenvalue weighted by Crippen LogP contribution is -2.58. The Balaban J connectivity index is 3.45. The van der Waals surface area contributed by atoms with Gasteiger partial charge in [0.05, 0.1) is 28.8 Å². The lowest BCUT2D eigenvalue weighted by atomic mass is 9.87. The van der Waals surface area contributed by atoms with Gasteiger partial charge in [-0.3, -0.25) is 4.79 Å². The van der Waals surface area contributed by atoms with E-state index < -0.39 is 39.8 Å². The maximum absolute atomic E-state index is 14.0. The van der Waals surface area contributed by atoms with E-state index in [1.807, 2.05) is 0 Å². The molecule has 0 unspecified atom stereocenters. The van der Waals surface area contributed by atoms with Gasteiger partial charge in [-0.2, -0.15) is 13.2 Å². The van der Waals surface area contributed by atoms with Gasteiger partial charge in [-0.15, -0.1) is 0 Å². The first kappa shape index (κ1) is 20.6. The number of carbonyl (C=O) groups excluding carboxylic acids is 1. The van der Waals surface area contributed by atoms with E-state index in [0.29, 0.717) is 0 Å². The minimum atomic E-state index is -4.86. The standard InChI is InChI=1S/C16H22F3NO3S/c1-5-23-13(21)11-15(16(17,18)19,12-9-7-6-8-10-12)20-24(22)14(2,3)4/h6-10,20H,5,11H2,1-4H3/t15-,24-/m0/s1. The molecule has 2 atom stereocenters. The van der Waals surface area contributed by atoms with Gasteiger partial charge in [0, 0.05) is 0 Å². The second-order valence-corrected chi connectivity index (χ2v) is 8.20. The van der Waals surface area contributed by atoms with Gasteiger partial charge in [0.25, 0.3) is 0 Å². The number of rotatable bonds is 6. The van der Waals surface area contributed by atoms with E-state index in [2.05, 4.69) is 4.72 Å². The van der Waals surface area contributed by atoms with Crippen LogP contribution in [0.1, 0.15) is 39.7 Å². The summed E-state index contributed by atoms with van der Waals surface area (Å²) in [5.74, 6) is -1.02. The SMILES string of the molecule is CCOC(=O)C[C@](N[S@@](=O)C(C)(C)C)(c1ccccc1)C(F)(F)F.